The SMILES string of the molecule is CC(C)Oc1ccc(-c2nc(-c3cccc4c3CCCN(CC(=O)OC(C)(C)C)C4)no2)cc1Cl. The first-order valence-electron chi connectivity index (χ1n) is 11.9. The van der Waals surface area contributed by atoms with E-state index < -0.39 is 5.60 Å². The molecule has 0 fully saturated rings. The molecule has 2 heterocycles. The van der Waals surface area contributed by atoms with Crippen LogP contribution in [0, 0.1) is 0 Å². The highest BCUT2D eigenvalue weighted by Gasteiger charge is 2.24. The number of aromatic nitrogens is 2. The van der Waals surface area contributed by atoms with Gasteiger partial charge in [0.05, 0.1) is 17.7 Å². The minimum Gasteiger partial charge on any atom is -0.489 e. The largest absolute Gasteiger partial charge is 0.489 e. The van der Waals surface area contributed by atoms with Gasteiger partial charge in [-0.1, -0.05) is 35.0 Å². The monoisotopic (exact) mass is 497 g/mol. The van der Waals surface area contributed by atoms with Crippen LogP contribution >= 0.6 is 11.6 Å². The topological polar surface area (TPSA) is 77.7 Å². The van der Waals surface area contributed by atoms with E-state index in [1.807, 2.05) is 58.9 Å². The van der Waals surface area contributed by atoms with Crippen molar-refractivity contribution in [1.29, 1.82) is 0 Å². The molecule has 0 aliphatic carbocycles. The zero-order chi connectivity index (χ0) is 25.2. The maximum Gasteiger partial charge on any atom is 0.320 e. The molecule has 35 heavy (non-hydrogen) atoms. The summed E-state index contributed by atoms with van der Waals surface area (Å²) in [5, 5.41) is 4.76. The van der Waals surface area contributed by atoms with Gasteiger partial charge in [0.15, 0.2) is 0 Å². The normalized spacial score (nSPS) is 14.5. The van der Waals surface area contributed by atoms with Crippen LogP contribution in [0.25, 0.3) is 22.8 Å². The lowest BCUT2D eigenvalue weighted by atomic mass is 9.97. The lowest BCUT2D eigenvalue weighted by molar-refractivity contribution is -0.156. The molecule has 0 spiro atoms. The molecule has 0 N–H and O–H groups in total. The van der Waals surface area contributed by atoms with Gasteiger partial charge >= 0.3 is 5.97 Å². The summed E-state index contributed by atoms with van der Waals surface area (Å²) in [6.45, 7) is 11.3. The number of carbonyl (C=O) groups excluding carboxylic acids is 1. The average Bonchev–Trinajstić information content (AvgIpc) is 3.15. The van der Waals surface area contributed by atoms with E-state index in [9.17, 15) is 4.79 Å². The molecule has 0 saturated heterocycles. The summed E-state index contributed by atoms with van der Waals surface area (Å²) in [6, 6.07) is 11.6. The van der Waals surface area contributed by atoms with Crippen LogP contribution in [0.4, 0.5) is 0 Å². The van der Waals surface area contributed by atoms with E-state index in [-0.39, 0.29) is 18.6 Å². The fourth-order valence-electron chi connectivity index (χ4n) is 4.21. The van der Waals surface area contributed by atoms with Gasteiger partial charge < -0.3 is 14.0 Å². The fourth-order valence-corrected chi connectivity index (χ4v) is 4.44. The van der Waals surface area contributed by atoms with Crippen molar-refractivity contribution in [3.8, 4) is 28.6 Å². The number of esters is 1. The number of rotatable bonds is 6. The number of benzene rings is 2. The van der Waals surface area contributed by atoms with Crippen molar-refractivity contribution in [1.82, 2.24) is 15.0 Å². The summed E-state index contributed by atoms with van der Waals surface area (Å²) < 4.78 is 16.8. The Morgan fingerprint density at radius 1 is 1.23 bits per heavy atom. The minimum absolute atomic E-state index is 0.0294. The molecule has 0 amide bonds. The van der Waals surface area contributed by atoms with Gasteiger partial charge in [-0.15, -0.1) is 0 Å². The Morgan fingerprint density at radius 2 is 2.03 bits per heavy atom. The second-order valence-corrected chi connectivity index (χ2v) is 10.5. The van der Waals surface area contributed by atoms with Crippen molar-refractivity contribution in [3.63, 3.8) is 0 Å². The Bertz CT molecular complexity index is 1200. The summed E-state index contributed by atoms with van der Waals surface area (Å²) >= 11 is 6.39. The summed E-state index contributed by atoms with van der Waals surface area (Å²) in [4.78, 5) is 19.2. The number of fused-ring (bicyclic) bond motifs is 1. The van der Waals surface area contributed by atoms with Gasteiger partial charge in [0, 0.05) is 17.7 Å². The van der Waals surface area contributed by atoms with Crippen molar-refractivity contribution in [3.05, 3.63) is 52.5 Å². The van der Waals surface area contributed by atoms with E-state index in [0.29, 0.717) is 29.0 Å². The molecule has 0 unspecified atom stereocenters. The third kappa shape index (κ3) is 6.41. The Hall–Kier alpha value is -2.90. The van der Waals surface area contributed by atoms with Crippen molar-refractivity contribution in [2.45, 2.75) is 65.7 Å². The van der Waals surface area contributed by atoms with Crippen LogP contribution in [0.2, 0.25) is 5.02 Å². The van der Waals surface area contributed by atoms with E-state index in [2.05, 4.69) is 21.1 Å². The lowest BCUT2D eigenvalue weighted by Crippen LogP contribution is -2.34. The van der Waals surface area contributed by atoms with Gasteiger partial charge in [-0.2, -0.15) is 4.98 Å². The van der Waals surface area contributed by atoms with E-state index in [4.69, 9.17) is 25.6 Å². The molecule has 0 atom stereocenters. The molecule has 1 aliphatic heterocycles. The number of halogens is 1. The second-order valence-electron chi connectivity index (χ2n) is 10.1. The summed E-state index contributed by atoms with van der Waals surface area (Å²) in [6.07, 6.45) is 1.82. The first-order chi connectivity index (χ1) is 16.6. The lowest BCUT2D eigenvalue weighted by Gasteiger charge is -2.24. The summed E-state index contributed by atoms with van der Waals surface area (Å²) in [5.41, 5.74) is 3.53. The van der Waals surface area contributed by atoms with Gasteiger partial charge in [0.2, 0.25) is 5.82 Å². The Labute approximate surface area is 211 Å². The molecule has 1 aromatic heterocycles. The van der Waals surface area contributed by atoms with E-state index >= 15 is 0 Å². The molecule has 2 aromatic carbocycles. The molecular weight excluding hydrogens is 466 g/mol. The first-order valence-corrected chi connectivity index (χ1v) is 12.3. The van der Waals surface area contributed by atoms with Gasteiger partial charge in [-0.05, 0) is 83.3 Å². The predicted molar refractivity (Wildman–Crippen MR) is 135 cm³/mol. The van der Waals surface area contributed by atoms with Gasteiger partial charge in [-0.3, -0.25) is 9.69 Å². The zero-order valence-corrected chi connectivity index (χ0v) is 21.7. The second kappa shape index (κ2) is 10.4. The smallest absolute Gasteiger partial charge is 0.320 e. The van der Waals surface area contributed by atoms with Gasteiger partial charge in [0.1, 0.15) is 11.4 Å². The van der Waals surface area contributed by atoms with Crippen LogP contribution in [-0.4, -0.2) is 45.8 Å². The minimum atomic E-state index is -0.490. The number of ether oxygens (including phenoxy) is 2. The third-order valence-electron chi connectivity index (χ3n) is 5.55. The van der Waals surface area contributed by atoms with Crippen LogP contribution in [0.1, 0.15) is 52.2 Å². The van der Waals surface area contributed by atoms with Gasteiger partial charge in [-0.25, -0.2) is 0 Å². The van der Waals surface area contributed by atoms with Crippen molar-refractivity contribution in [2.24, 2.45) is 0 Å². The number of hydrogen-bond donors (Lipinski definition) is 0. The molecular formula is C27H32ClN3O4. The Balaban J connectivity index is 1.54. The highest BCUT2D eigenvalue weighted by molar-refractivity contribution is 6.32. The molecule has 3 aromatic rings. The average molecular weight is 498 g/mol. The molecule has 0 radical (unpaired) electrons. The van der Waals surface area contributed by atoms with Crippen LogP contribution in [0.15, 0.2) is 40.9 Å². The molecule has 7 nitrogen and oxygen atoms in total. The summed E-state index contributed by atoms with van der Waals surface area (Å²) in [7, 11) is 0. The van der Waals surface area contributed by atoms with Crippen LogP contribution in [0.5, 0.6) is 5.75 Å². The van der Waals surface area contributed by atoms with Crippen molar-refractivity contribution >= 4 is 17.6 Å². The number of carbonyl (C=O) groups is 1. The Morgan fingerprint density at radius 3 is 2.74 bits per heavy atom. The molecule has 0 bridgehead atoms. The molecule has 4 rings (SSSR count). The van der Waals surface area contributed by atoms with Crippen molar-refractivity contribution < 1.29 is 18.8 Å². The Kier molecular flexibility index (Phi) is 7.47. The van der Waals surface area contributed by atoms with E-state index in [0.717, 1.165) is 36.1 Å². The van der Waals surface area contributed by atoms with Crippen molar-refractivity contribution in [2.75, 3.05) is 13.1 Å². The number of nitrogens with zero attached hydrogens (tertiary/aromatic N) is 3. The standard InChI is InChI=1S/C27H32ClN3O4/c1-17(2)33-23-12-11-18(14-22(23)28)26-29-25(30-35-26)21-9-6-8-19-15-31(13-7-10-20(19)21)16-24(32)34-27(3,4)5/h6,8-9,11-12,14,17H,7,10,13,15-16H2,1-5H3. The predicted octanol–water partition coefficient (Wildman–Crippen LogP) is 5.93. The highest BCUT2D eigenvalue weighted by Crippen LogP contribution is 2.33. The molecule has 0 saturated carbocycles. The maximum absolute atomic E-state index is 12.4. The first kappa shape index (κ1) is 25.2. The third-order valence-corrected chi connectivity index (χ3v) is 5.84. The van der Waals surface area contributed by atoms with Crippen LogP contribution in [-0.2, 0) is 22.5 Å². The quantitative estimate of drug-likeness (QED) is 0.390. The highest BCUT2D eigenvalue weighted by atomic mass is 35.5. The molecule has 186 valence electrons. The van der Waals surface area contributed by atoms with E-state index in [1.54, 1.807) is 6.07 Å². The summed E-state index contributed by atoms with van der Waals surface area (Å²) in [5.74, 6) is 1.35. The van der Waals surface area contributed by atoms with Crippen LogP contribution < -0.4 is 4.74 Å². The number of hydrogen-bond acceptors (Lipinski definition) is 7. The van der Waals surface area contributed by atoms with Crippen LogP contribution in [0.3, 0.4) is 0 Å². The van der Waals surface area contributed by atoms with E-state index in [1.165, 1.54) is 5.56 Å². The maximum atomic E-state index is 12.4. The van der Waals surface area contributed by atoms with Gasteiger partial charge in [0.25, 0.3) is 5.89 Å². The zero-order valence-electron chi connectivity index (χ0n) is 20.9. The molecule has 1 aliphatic rings. The molecule has 8 heteroatoms. The fraction of sp³-hybridized carbons (Fsp3) is 0.444.